The van der Waals surface area contributed by atoms with Gasteiger partial charge in [0.15, 0.2) is 0 Å². The van der Waals surface area contributed by atoms with Crippen molar-refractivity contribution in [2.75, 3.05) is 49.2 Å². The zero-order chi connectivity index (χ0) is 70.8. The number of rotatable bonds is 21. The van der Waals surface area contributed by atoms with Crippen molar-refractivity contribution in [2.45, 2.75) is 158 Å². The van der Waals surface area contributed by atoms with Crippen LogP contribution in [0, 0.1) is 11.8 Å². The lowest BCUT2D eigenvalue weighted by Crippen LogP contribution is -2.61. The van der Waals surface area contributed by atoms with Gasteiger partial charge in [0.05, 0.1) is 31.6 Å². The minimum Gasteiger partial charge on any atom is -0.508 e. The molecule has 38 heteroatoms. The van der Waals surface area contributed by atoms with Crippen LogP contribution in [0.15, 0.2) is 36.8 Å². The summed E-state index contributed by atoms with van der Waals surface area (Å²) in [4.78, 5) is 204. The lowest BCUT2D eigenvalue weighted by Gasteiger charge is -2.31. The number of aliphatic hydroxyl groups excluding tert-OH is 1. The molecule has 5 rings (SSSR count). The number of phenols is 1. The van der Waals surface area contributed by atoms with Crippen LogP contribution in [0.25, 0.3) is 0 Å². The molecule has 4 heterocycles. The quantitative estimate of drug-likeness (QED) is 0.0409. The molecule has 2 bridgehead atoms. The molecule has 0 unspecified atom stereocenters. The van der Waals surface area contributed by atoms with E-state index in [1.54, 1.807) is 27.7 Å². The Morgan fingerprint density at radius 1 is 0.708 bits per heavy atom. The first-order chi connectivity index (χ1) is 45.5. The number of phenolic OH excluding ortho intramolecular Hbond substituents is 1. The number of carbonyl (C=O) groups is 14. The third-order valence-corrected chi connectivity index (χ3v) is 20.1. The largest absolute Gasteiger partial charge is 0.508 e. The first kappa shape index (κ1) is 78.8. The fourth-order valence-electron chi connectivity index (χ4n) is 9.99. The first-order valence-electron chi connectivity index (χ1n) is 31.1. The van der Waals surface area contributed by atoms with Crippen molar-refractivity contribution < 1.29 is 77.3 Å². The zero-order valence-electron chi connectivity index (χ0n) is 53.5. The molecule has 1 aromatic carbocycles. The van der Waals surface area contributed by atoms with Crippen molar-refractivity contribution in [3.8, 4) is 5.75 Å². The van der Waals surface area contributed by atoms with Crippen LogP contribution in [-0.2, 0) is 80.0 Å². The van der Waals surface area contributed by atoms with Gasteiger partial charge in [0.1, 0.15) is 66.2 Å². The lowest BCUT2D eigenvalue weighted by atomic mass is 10.0. The summed E-state index contributed by atoms with van der Waals surface area (Å²) in [5.74, 6) is -15.1. The number of imidazole rings is 1. The third-order valence-electron chi connectivity index (χ3n) is 15.2. The molecule has 34 nitrogen and oxygen atoms in total. The first-order valence-corrected chi connectivity index (χ1v) is 36.0. The van der Waals surface area contributed by atoms with Gasteiger partial charge in [0.2, 0.25) is 82.7 Å². The zero-order valence-corrected chi connectivity index (χ0v) is 56.8. The molecule has 14 amide bonds. The highest BCUT2D eigenvalue weighted by molar-refractivity contribution is 8.77. The van der Waals surface area contributed by atoms with Gasteiger partial charge in [-0.25, -0.2) is 4.98 Å². The SMILES string of the molecule is CC(C)C[C@@H]1NC(=O)[C@H](CCCCN)NC(=O)[C@H](Cc2ccc(O)cc2)NC(=O)CNC(=O)[C@@H]2CSSC[C@H](NC1=O)C(=O)N[C@@H](Cc1cnc[nH]1)C(=O)N1C[C@H](O)C[C@H]1C(=O)N[C@H](C(N)=O)CSSC[C@H](NC(=O)[C@@H](NC(=O)CNC(=O)[C@@H](N)CCC(N)=O)C(C)C)C(=O)N2. The van der Waals surface area contributed by atoms with E-state index in [1.165, 1.54) is 36.8 Å². The third kappa shape index (κ3) is 25.9. The van der Waals surface area contributed by atoms with Crippen molar-refractivity contribution in [1.29, 1.82) is 0 Å². The van der Waals surface area contributed by atoms with Crippen molar-refractivity contribution in [3.05, 3.63) is 48.0 Å². The molecule has 0 aliphatic carbocycles. The number of aliphatic hydroxyl groups is 1. The number of nitrogens with one attached hydrogen (secondary N) is 12. The molecule has 3 aliphatic rings. The van der Waals surface area contributed by atoms with Crippen LogP contribution in [0.1, 0.15) is 83.9 Å². The Balaban J connectivity index is 1.61. The number of unbranched alkanes of at least 4 members (excludes halogenated alkanes) is 1. The van der Waals surface area contributed by atoms with E-state index in [9.17, 15) is 77.3 Å². The predicted molar refractivity (Wildman–Crippen MR) is 356 cm³/mol. The average Bonchev–Trinajstić information content (AvgIpc) is 1.64. The number of aromatic nitrogens is 2. The summed E-state index contributed by atoms with van der Waals surface area (Å²) in [5.41, 5.74) is 23.4. The van der Waals surface area contributed by atoms with E-state index in [1.807, 2.05) is 0 Å². The van der Waals surface area contributed by atoms with Gasteiger partial charge in [-0.2, -0.15) is 0 Å². The van der Waals surface area contributed by atoms with E-state index in [-0.39, 0.29) is 86.2 Å². The number of primary amides is 2. The van der Waals surface area contributed by atoms with E-state index in [0.717, 1.165) is 48.1 Å². The fraction of sp³-hybridized carbons (Fsp3) is 0.603. The van der Waals surface area contributed by atoms with Crippen LogP contribution in [0.4, 0.5) is 0 Å². The Labute approximate surface area is 569 Å². The number of aromatic amines is 1. The van der Waals surface area contributed by atoms with Crippen molar-refractivity contribution in [1.82, 2.24) is 73.4 Å². The Kier molecular flexibility index (Phi) is 32.3. The van der Waals surface area contributed by atoms with Gasteiger partial charge in [-0.15, -0.1) is 0 Å². The van der Waals surface area contributed by atoms with Gasteiger partial charge in [-0.05, 0) is 68.2 Å². The highest BCUT2D eigenvalue weighted by Crippen LogP contribution is 2.27. The van der Waals surface area contributed by atoms with Gasteiger partial charge in [0.25, 0.3) is 0 Å². The minimum absolute atomic E-state index is 0.00276. The van der Waals surface area contributed by atoms with E-state index < -0.39 is 181 Å². The van der Waals surface area contributed by atoms with Crippen molar-refractivity contribution in [3.63, 3.8) is 0 Å². The highest BCUT2D eigenvalue weighted by Gasteiger charge is 2.44. The number of amides is 14. The van der Waals surface area contributed by atoms with Crippen LogP contribution in [0.3, 0.4) is 0 Å². The maximum Gasteiger partial charge on any atom is 0.246 e. The molecule has 3 saturated heterocycles. The van der Waals surface area contributed by atoms with Gasteiger partial charge in [-0.3, -0.25) is 67.1 Å². The number of nitrogens with zero attached hydrogens (tertiary/aromatic N) is 2. The number of carbonyl (C=O) groups excluding carboxylic acids is 14. The Morgan fingerprint density at radius 2 is 1.33 bits per heavy atom. The number of hydrogen-bond acceptors (Lipinski definition) is 23. The van der Waals surface area contributed by atoms with Crippen molar-refractivity contribution in [2.24, 2.45) is 34.8 Å². The summed E-state index contributed by atoms with van der Waals surface area (Å²) in [6.45, 7) is 4.99. The molecular weight excluding hydrogens is 1330 g/mol. The predicted octanol–water partition coefficient (Wildman–Crippen LogP) is -5.84. The molecule has 96 heavy (non-hydrogen) atoms. The molecule has 0 radical (unpaired) electrons. The summed E-state index contributed by atoms with van der Waals surface area (Å²) in [6.07, 6.45) is 1.01. The maximum atomic E-state index is 15.0. The Morgan fingerprint density at radius 3 is 1.97 bits per heavy atom. The molecule has 12 atom stereocenters. The van der Waals surface area contributed by atoms with Gasteiger partial charge >= 0.3 is 0 Å². The monoisotopic (exact) mass is 1420 g/mol. The minimum atomic E-state index is -1.62. The standard InChI is InChI=1S/C58H88N18O16S4/c1-28(2)15-36-52(86)73-41-25-96-94-24-40(50(84)65-20-45(80)67-37(16-30-8-10-32(77)11-9-30)53(87)68-35(51(85)69-36)7-5-6-14-59)72-55(89)42(74-57(91)47(29(3)4)75-46(81)21-64-49(83)34(60)12-13-44(61)79)26-95-93-23-39(48(62)82)71-56(90)43-18-33(78)22-76(43)58(92)38(70-54(41)88)17-31-19-63-27-66-31/h8-11,19,27-29,33-43,47,77-78H,5-7,12-18,20-26,59-60H2,1-4H3,(H2,61,79)(H2,62,82)(H,63,66)(H,64,83)(H,65,84)(H,67,80)(H,68,87)(H,69,85)(H,70,88)(H,71,90)(H,72,89)(H,73,86)(H,74,91)(H,75,81)/t33-,34+,35+,36+,37+,38+,39+,40+,41+,42+,43+,47+/m1/s1. The van der Waals surface area contributed by atoms with Crippen LogP contribution < -0.4 is 81.4 Å². The summed E-state index contributed by atoms with van der Waals surface area (Å²) in [5, 5.41) is 49.6. The second kappa shape index (κ2) is 39.3. The molecule has 3 aliphatic heterocycles. The van der Waals surface area contributed by atoms with E-state index >= 15 is 0 Å². The fourth-order valence-corrected chi connectivity index (χ4v) is 14.7. The smallest absolute Gasteiger partial charge is 0.246 e. The number of benzene rings is 1. The molecule has 0 saturated carbocycles. The van der Waals surface area contributed by atoms with E-state index in [2.05, 4.69) is 68.5 Å². The Hall–Kier alpha value is -7.91. The average molecular weight is 1420 g/mol. The summed E-state index contributed by atoms with van der Waals surface area (Å²) in [6, 6.07) is -10.3. The number of H-pyrrole nitrogens is 1. The molecule has 2 aromatic rings. The summed E-state index contributed by atoms with van der Waals surface area (Å²) in [7, 11) is 3.61. The number of nitrogens with two attached hydrogens (primary N) is 4. The molecule has 530 valence electrons. The molecule has 0 spiro atoms. The molecule has 1 aromatic heterocycles. The summed E-state index contributed by atoms with van der Waals surface area (Å²) < 4.78 is 0. The maximum absolute atomic E-state index is 15.0. The van der Waals surface area contributed by atoms with Crippen LogP contribution in [0.2, 0.25) is 0 Å². The van der Waals surface area contributed by atoms with Crippen LogP contribution >= 0.6 is 43.2 Å². The van der Waals surface area contributed by atoms with Crippen LogP contribution in [-0.4, -0.2) is 230 Å². The molecular formula is C58H88N18O16S4. The van der Waals surface area contributed by atoms with E-state index in [4.69, 9.17) is 22.9 Å². The molecule has 3 fully saturated rings. The topological polar surface area (TPSA) is 548 Å². The van der Waals surface area contributed by atoms with Crippen molar-refractivity contribution >= 4 is 126 Å². The summed E-state index contributed by atoms with van der Waals surface area (Å²) >= 11 is 0. The lowest BCUT2D eigenvalue weighted by molar-refractivity contribution is -0.142. The molecule has 22 N–H and O–H groups in total. The normalized spacial score (nSPS) is 25.0. The highest BCUT2D eigenvalue weighted by atomic mass is 33.1. The van der Waals surface area contributed by atoms with Gasteiger partial charge < -0.3 is 102 Å². The number of hydrogen-bond donors (Lipinski definition) is 18. The van der Waals surface area contributed by atoms with Gasteiger partial charge in [0, 0.05) is 67.1 Å². The van der Waals surface area contributed by atoms with Gasteiger partial charge in [-0.1, -0.05) is 83.0 Å². The second-order valence-corrected chi connectivity index (χ2v) is 29.0. The Bertz CT molecular complexity index is 3060. The van der Waals surface area contributed by atoms with E-state index in [0.29, 0.717) is 24.1 Å². The number of fused-ring (bicyclic) bond motifs is 6. The van der Waals surface area contributed by atoms with Crippen LogP contribution in [0.5, 0.6) is 5.75 Å². The number of aromatic hydroxyl groups is 1. The second-order valence-electron chi connectivity index (χ2n) is 23.9.